The maximum atomic E-state index is 0. The molecule has 0 aromatic heterocycles. The molecule has 0 fully saturated rings. The van der Waals surface area contributed by atoms with Crippen LogP contribution in [-0.2, 0) is 0 Å². The molecule has 0 aliphatic heterocycles. The van der Waals surface area contributed by atoms with E-state index in [1.165, 1.54) is 0 Å². The van der Waals surface area contributed by atoms with Crippen LogP contribution < -0.4 is 0 Å². The van der Waals surface area contributed by atoms with Crippen molar-refractivity contribution in [2.45, 2.75) is 0 Å². The van der Waals surface area contributed by atoms with E-state index in [1.807, 2.05) is 0 Å². The Hall–Kier alpha value is 1.81. The van der Waals surface area contributed by atoms with Gasteiger partial charge in [-0.2, -0.15) is 0 Å². The molecular formula is H3F2LiNd. The summed E-state index contributed by atoms with van der Waals surface area (Å²) < 4.78 is 0. The molecule has 0 aliphatic rings. The average molecular weight is 192 g/mol. The first kappa shape index (κ1) is 41.1. The maximum absolute atomic E-state index is 0. The number of halogens is 2. The molecule has 0 aliphatic carbocycles. The van der Waals surface area contributed by atoms with E-state index in [0.717, 1.165) is 0 Å². The molecule has 4 heavy (non-hydrogen) atoms. The predicted molar refractivity (Wildman–Crippen MR) is 12.2 cm³/mol. The van der Waals surface area contributed by atoms with Gasteiger partial charge in [-0.3, -0.25) is 9.41 Å². The Morgan fingerprint density at radius 3 is 0.750 bits per heavy atom. The summed E-state index contributed by atoms with van der Waals surface area (Å²) in [7, 11) is 0. The Morgan fingerprint density at radius 1 is 0.750 bits per heavy atom. The van der Waals surface area contributed by atoms with Crippen LogP contribution >= 0.6 is 0 Å². The van der Waals surface area contributed by atoms with Crippen molar-refractivity contribution < 1.29 is 50.2 Å². The smallest absolute Gasteiger partial charge is 0 e. The van der Waals surface area contributed by atoms with Gasteiger partial charge in [0.25, 0.3) is 0 Å². The number of hydrogen-bond donors (Lipinski definition) is 0. The molecule has 0 amide bonds. The van der Waals surface area contributed by atoms with Crippen LogP contribution in [0, 0.1) is 40.8 Å². The molecule has 0 nitrogen and oxygen atoms in total. The topological polar surface area (TPSA) is 0 Å². The molecule has 0 N–H and O–H groups in total. The van der Waals surface area contributed by atoms with Crippen LogP contribution in [0.5, 0.6) is 0 Å². The monoisotopic (exact) mass is 190 g/mol. The molecular weight excluding hydrogens is 189 g/mol. The van der Waals surface area contributed by atoms with Gasteiger partial charge in [-0.05, 0) is 0 Å². The van der Waals surface area contributed by atoms with Crippen molar-refractivity contribution in [3.63, 3.8) is 0 Å². The Kier molecular flexibility index (Phi) is 219. The van der Waals surface area contributed by atoms with Crippen LogP contribution in [0.1, 0.15) is 0 Å². The summed E-state index contributed by atoms with van der Waals surface area (Å²) in [4.78, 5) is 0. The van der Waals surface area contributed by atoms with E-state index in [2.05, 4.69) is 0 Å². The van der Waals surface area contributed by atoms with Crippen LogP contribution in [0.3, 0.4) is 0 Å². The van der Waals surface area contributed by atoms with Gasteiger partial charge < -0.3 is 0 Å². The first-order chi connectivity index (χ1) is 0. The van der Waals surface area contributed by atoms with Crippen molar-refractivity contribution in [3.05, 3.63) is 0 Å². The number of hydrogen-bond acceptors (Lipinski definition) is 0. The molecule has 0 unspecified atom stereocenters. The van der Waals surface area contributed by atoms with Gasteiger partial charge in [0, 0.05) is 40.8 Å². The molecule has 0 saturated heterocycles. The zero-order chi connectivity index (χ0) is 0. The zero-order valence-corrected chi connectivity index (χ0v) is 4.52. The summed E-state index contributed by atoms with van der Waals surface area (Å²) in [6.45, 7) is 0. The van der Waals surface area contributed by atoms with E-state index >= 15 is 0 Å². The van der Waals surface area contributed by atoms with Crippen molar-refractivity contribution in [2.24, 2.45) is 0 Å². The van der Waals surface area contributed by atoms with Crippen LogP contribution in [0.4, 0.5) is 9.41 Å². The fourth-order valence-corrected chi connectivity index (χ4v) is 0. The fraction of sp³-hybridized carbons (Fsp3) is 0. The summed E-state index contributed by atoms with van der Waals surface area (Å²) in [5.41, 5.74) is 0. The second-order valence-corrected chi connectivity index (χ2v) is 0. The molecule has 0 radical (unpaired) electrons. The van der Waals surface area contributed by atoms with Crippen molar-refractivity contribution in [3.8, 4) is 0 Å². The summed E-state index contributed by atoms with van der Waals surface area (Å²) >= 11 is 0. The second-order valence-electron chi connectivity index (χ2n) is 0. The van der Waals surface area contributed by atoms with Gasteiger partial charge in [0.2, 0.25) is 0 Å². The largest absolute Gasteiger partial charge is 0 e. The predicted octanol–water partition coefficient (Wildman–Crippen LogP) is -0.343. The Labute approximate surface area is 68.2 Å². The van der Waals surface area contributed by atoms with Crippen molar-refractivity contribution >= 4 is 18.9 Å². The molecule has 22 valence electrons. The van der Waals surface area contributed by atoms with E-state index in [0.29, 0.717) is 0 Å². The molecule has 0 aromatic carbocycles. The molecule has 0 heterocycles. The van der Waals surface area contributed by atoms with Gasteiger partial charge in [-0.15, -0.1) is 0 Å². The standard InChI is InChI=1S/2FH.Li.Nd.H/h2*1H;;;. The van der Waals surface area contributed by atoms with Crippen LogP contribution in [0.25, 0.3) is 0 Å². The third-order valence-electron chi connectivity index (χ3n) is 0. The summed E-state index contributed by atoms with van der Waals surface area (Å²) in [6.07, 6.45) is 0. The minimum absolute atomic E-state index is 0. The Balaban J connectivity index is 0. The minimum Gasteiger partial charge on any atom is 0 e. The SMILES string of the molecule is F.F.[LiH].[Nd]. The average Bonchev–Trinajstić information content (AvgIpc) is 0. The first-order valence-electron chi connectivity index (χ1n) is 0. The molecule has 4 heteroatoms. The molecule has 0 atom stereocenters. The van der Waals surface area contributed by atoms with E-state index < -0.39 is 0 Å². The van der Waals surface area contributed by atoms with Gasteiger partial charge >= 0.3 is 18.9 Å². The molecule has 0 saturated carbocycles. The van der Waals surface area contributed by atoms with Crippen LogP contribution in [-0.4, -0.2) is 18.9 Å². The van der Waals surface area contributed by atoms with Crippen LogP contribution in [0.15, 0.2) is 0 Å². The summed E-state index contributed by atoms with van der Waals surface area (Å²) in [6, 6.07) is 0. The quantitative estimate of drug-likeness (QED) is 0.460. The van der Waals surface area contributed by atoms with E-state index in [9.17, 15) is 0 Å². The molecule has 0 spiro atoms. The van der Waals surface area contributed by atoms with Gasteiger partial charge in [0.1, 0.15) is 0 Å². The van der Waals surface area contributed by atoms with Gasteiger partial charge in [0.15, 0.2) is 0 Å². The first-order valence-corrected chi connectivity index (χ1v) is 0. The van der Waals surface area contributed by atoms with Gasteiger partial charge in [0.05, 0.1) is 0 Å². The van der Waals surface area contributed by atoms with Crippen LogP contribution in [0.2, 0.25) is 0 Å². The fourth-order valence-electron chi connectivity index (χ4n) is 0. The Morgan fingerprint density at radius 2 is 0.750 bits per heavy atom. The van der Waals surface area contributed by atoms with Crippen molar-refractivity contribution in [1.29, 1.82) is 0 Å². The van der Waals surface area contributed by atoms with E-state index in [1.54, 1.807) is 0 Å². The Bertz CT molecular complexity index is 6.00. The zero-order valence-electron chi connectivity index (χ0n) is 1.32. The second kappa shape index (κ2) is 21.3. The number of rotatable bonds is 0. The maximum Gasteiger partial charge on any atom is 0 e. The molecule has 0 bridgehead atoms. The van der Waals surface area contributed by atoms with Crippen molar-refractivity contribution in [2.75, 3.05) is 0 Å². The minimum atomic E-state index is 0. The van der Waals surface area contributed by atoms with Crippen molar-refractivity contribution in [1.82, 2.24) is 0 Å². The normalized spacial score (nSPS) is 0. The molecule has 0 rings (SSSR count). The van der Waals surface area contributed by atoms with E-state index in [-0.39, 0.29) is 69.1 Å². The summed E-state index contributed by atoms with van der Waals surface area (Å²) in [5.74, 6) is 0. The molecule has 0 aromatic rings. The third-order valence-corrected chi connectivity index (χ3v) is 0. The van der Waals surface area contributed by atoms with E-state index in [4.69, 9.17) is 0 Å². The van der Waals surface area contributed by atoms with Gasteiger partial charge in [-0.1, -0.05) is 0 Å². The summed E-state index contributed by atoms with van der Waals surface area (Å²) in [5, 5.41) is 0. The van der Waals surface area contributed by atoms with Gasteiger partial charge in [-0.25, -0.2) is 0 Å². The third kappa shape index (κ3) is 9.19.